The Kier molecular flexibility index (Phi) is 6.34. The molecule has 0 aromatic rings. The molecule has 1 fully saturated rings. The van der Waals surface area contributed by atoms with Crippen LogP contribution in [0.5, 0.6) is 0 Å². The van der Waals surface area contributed by atoms with Gasteiger partial charge >= 0.3 is 5.97 Å². The lowest BCUT2D eigenvalue weighted by Crippen LogP contribution is -2.50. The van der Waals surface area contributed by atoms with E-state index in [4.69, 9.17) is 59.2 Å². The van der Waals surface area contributed by atoms with E-state index in [1.54, 1.807) is 6.92 Å². The van der Waals surface area contributed by atoms with Crippen LogP contribution in [0.3, 0.4) is 0 Å². The molecule has 20 heavy (non-hydrogen) atoms. The smallest absolute Gasteiger partial charge is 0.303 e. The quantitative estimate of drug-likeness (QED) is 0.367. The highest BCUT2D eigenvalue weighted by molar-refractivity contribution is 6.76. The summed E-state index contributed by atoms with van der Waals surface area (Å²) in [5.41, 5.74) is 0. The molecule has 0 aliphatic carbocycles. The maximum atomic E-state index is 11.1. The average Bonchev–Trinajstić information content (AvgIpc) is 2.30. The Morgan fingerprint density at radius 2 is 1.90 bits per heavy atom. The first-order valence-electron chi connectivity index (χ1n) is 5.83. The molecule has 6 nitrogen and oxygen atoms in total. The summed E-state index contributed by atoms with van der Waals surface area (Å²) in [5.74, 6) is -1.11. The van der Waals surface area contributed by atoms with Crippen molar-refractivity contribution in [2.75, 3.05) is 7.11 Å². The van der Waals surface area contributed by atoms with Crippen LogP contribution in [0, 0.1) is 5.41 Å². The molecule has 1 rings (SSSR count). The second kappa shape index (κ2) is 7.13. The van der Waals surface area contributed by atoms with E-state index in [0.717, 1.165) is 0 Å². The fourth-order valence-electron chi connectivity index (χ4n) is 1.81. The van der Waals surface area contributed by atoms with E-state index in [2.05, 4.69) is 0 Å². The van der Waals surface area contributed by atoms with Crippen LogP contribution in [-0.4, -0.2) is 47.4 Å². The maximum absolute atomic E-state index is 11.1. The topological polar surface area (TPSA) is 77.8 Å². The number of nitrogens with one attached hydrogen (secondary N) is 1. The van der Waals surface area contributed by atoms with E-state index in [9.17, 15) is 4.79 Å². The highest BCUT2D eigenvalue weighted by atomic mass is 35.6. The van der Waals surface area contributed by atoms with Crippen molar-refractivity contribution in [1.82, 2.24) is 0 Å². The van der Waals surface area contributed by atoms with Crippen LogP contribution in [0.25, 0.3) is 0 Å². The van der Waals surface area contributed by atoms with Crippen LogP contribution >= 0.6 is 34.8 Å². The molecule has 9 heteroatoms. The van der Waals surface area contributed by atoms with Crippen molar-refractivity contribution in [2.45, 2.75) is 48.7 Å². The molecule has 0 aromatic heterocycles. The van der Waals surface area contributed by atoms with Crippen molar-refractivity contribution in [2.24, 2.45) is 0 Å². The van der Waals surface area contributed by atoms with Gasteiger partial charge in [0.25, 0.3) is 3.79 Å². The van der Waals surface area contributed by atoms with E-state index >= 15 is 0 Å². The van der Waals surface area contributed by atoms with Crippen LogP contribution in [0.15, 0.2) is 0 Å². The van der Waals surface area contributed by atoms with Gasteiger partial charge in [0.1, 0.15) is 0 Å². The lowest BCUT2D eigenvalue weighted by Gasteiger charge is -2.38. The van der Waals surface area contributed by atoms with E-state index < -0.39 is 28.1 Å². The molecule has 1 saturated heterocycles. The molecule has 1 aliphatic heterocycles. The first-order valence-corrected chi connectivity index (χ1v) is 6.96. The van der Waals surface area contributed by atoms with Crippen LogP contribution in [-0.2, 0) is 23.7 Å². The summed E-state index contributed by atoms with van der Waals surface area (Å²) in [6.45, 7) is 3.03. The first-order chi connectivity index (χ1) is 9.15. The number of rotatable bonds is 3. The van der Waals surface area contributed by atoms with Gasteiger partial charge in [0, 0.05) is 20.5 Å². The SMILES string of the molecule is CO[C@H]1C[C@@H](OC(C)=O)C(OC(=N)C(Cl)(Cl)Cl)O[C@@H]1C. The zero-order valence-corrected chi connectivity index (χ0v) is 13.5. The van der Waals surface area contributed by atoms with Gasteiger partial charge in [-0.3, -0.25) is 10.2 Å². The Balaban J connectivity index is 2.79. The Labute approximate surface area is 132 Å². The number of ether oxygens (including phenoxy) is 4. The van der Waals surface area contributed by atoms with Gasteiger partial charge in [0.15, 0.2) is 6.10 Å². The van der Waals surface area contributed by atoms with E-state index in [1.807, 2.05) is 0 Å². The monoisotopic (exact) mass is 347 g/mol. The van der Waals surface area contributed by atoms with Crippen LogP contribution in [0.4, 0.5) is 0 Å². The average molecular weight is 349 g/mol. The molecule has 0 aromatic carbocycles. The van der Waals surface area contributed by atoms with Gasteiger partial charge < -0.3 is 18.9 Å². The minimum Gasteiger partial charge on any atom is -0.456 e. The number of halogens is 3. The molecular formula is C11H16Cl3NO5. The number of alkyl halides is 3. The van der Waals surface area contributed by atoms with Gasteiger partial charge in [-0.2, -0.15) is 0 Å². The molecule has 1 N–H and O–H groups in total. The second-order valence-corrected chi connectivity index (χ2v) is 6.59. The zero-order chi connectivity index (χ0) is 15.5. The third-order valence-corrected chi connectivity index (χ3v) is 3.27. The van der Waals surface area contributed by atoms with Crippen molar-refractivity contribution < 1.29 is 23.7 Å². The van der Waals surface area contributed by atoms with Crippen molar-refractivity contribution in [1.29, 1.82) is 5.41 Å². The molecule has 0 amide bonds. The fraction of sp³-hybridized carbons (Fsp3) is 0.818. The summed E-state index contributed by atoms with van der Waals surface area (Å²) < 4.78 is 19.0. The summed E-state index contributed by atoms with van der Waals surface area (Å²) in [6.07, 6.45) is -2.00. The van der Waals surface area contributed by atoms with Gasteiger partial charge in [0.05, 0.1) is 12.2 Å². The summed E-state index contributed by atoms with van der Waals surface area (Å²) in [6, 6.07) is 0. The molecule has 0 radical (unpaired) electrons. The number of carbonyl (C=O) groups excluding carboxylic acids is 1. The number of hydrogen-bond acceptors (Lipinski definition) is 6. The van der Waals surface area contributed by atoms with Gasteiger partial charge in [-0.15, -0.1) is 0 Å². The van der Waals surface area contributed by atoms with Gasteiger partial charge in [-0.05, 0) is 6.92 Å². The predicted molar refractivity (Wildman–Crippen MR) is 74.4 cm³/mol. The minimum atomic E-state index is -2.01. The van der Waals surface area contributed by atoms with E-state index in [0.29, 0.717) is 6.42 Å². The summed E-state index contributed by atoms with van der Waals surface area (Å²) >= 11 is 16.6. The summed E-state index contributed by atoms with van der Waals surface area (Å²) in [5, 5.41) is 7.54. The molecule has 0 spiro atoms. The van der Waals surface area contributed by atoms with E-state index in [-0.39, 0.29) is 12.2 Å². The van der Waals surface area contributed by atoms with E-state index in [1.165, 1.54) is 14.0 Å². The normalized spacial score (nSPS) is 30.7. The number of esters is 1. The molecule has 4 atom stereocenters. The highest BCUT2D eigenvalue weighted by Crippen LogP contribution is 2.31. The Bertz CT molecular complexity index is 374. The Morgan fingerprint density at radius 3 is 2.35 bits per heavy atom. The highest BCUT2D eigenvalue weighted by Gasteiger charge is 2.42. The van der Waals surface area contributed by atoms with Crippen LogP contribution in [0.1, 0.15) is 20.3 Å². The molecule has 116 valence electrons. The third kappa shape index (κ3) is 4.93. The van der Waals surface area contributed by atoms with Crippen molar-refractivity contribution in [3.05, 3.63) is 0 Å². The largest absolute Gasteiger partial charge is 0.456 e. The van der Waals surface area contributed by atoms with Gasteiger partial charge in [0.2, 0.25) is 12.2 Å². The molecule has 1 heterocycles. The predicted octanol–water partition coefficient (Wildman–Crippen LogP) is 2.43. The Hall–Kier alpha value is -0.270. The Morgan fingerprint density at radius 1 is 1.30 bits per heavy atom. The molecule has 0 bridgehead atoms. The van der Waals surface area contributed by atoms with Crippen LogP contribution < -0.4 is 0 Å². The molecule has 1 unspecified atom stereocenters. The van der Waals surface area contributed by atoms with Crippen LogP contribution in [0.2, 0.25) is 0 Å². The molecule has 0 saturated carbocycles. The number of hydrogen-bond donors (Lipinski definition) is 1. The fourth-order valence-corrected chi connectivity index (χ4v) is 1.94. The van der Waals surface area contributed by atoms with Gasteiger partial charge in [-0.1, -0.05) is 34.8 Å². The molecular weight excluding hydrogens is 332 g/mol. The van der Waals surface area contributed by atoms with Gasteiger partial charge in [-0.25, -0.2) is 0 Å². The summed E-state index contributed by atoms with van der Waals surface area (Å²) in [7, 11) is 1.53. The molecule has 1 aliphatic rings. The van der Waals surface area contributed by atoms with Crippen molar-refractivity contribution in [3.8, 4) is 0 Å². The lowest BCUT2D eigenvalue weighted by molar-refractivity contribution is -0.246. The van der Waals surface area contributed by atoms with Crippen molar-refractivity contribution in [3.63, 3.8) is 0 Å². The maximum Gasteiger partial charge on any atom is 0.303 e. The summed E-state index contributed by atoms with van der Waals surface area (Å²) in [4.78, 5) is 11.1. The minimum absolute atomic E-state index is 0.263. The first kappa shape index (κ1) is 17.8. The zero-order valence-electron chi connectivity index (χ0n) is 11.2. The lowest BCUT2D eigenvalue weighted by atomic mass is 10.0. The second-order valence-electron chi connectivity index (χ2n) is 4.31. The standard InChI is InChI=1S/C11H16Cl3NO5/c1-5-7(17-3)4-8(19-6(2)16)9(18-5)20-10(15)11(12,13)14/h5,7-9,15H,4H2,1-3H3/t5-,7+,8-,9?/m1/s1. The third-order valence-electron chi connectivity index (χ3n) is 2.75. The number of methoxy groups -OCH3 is 1. The number of carbonyl (C=O) groups is 1. The van der Waals surface area contributed by atoms with Crippen molar-refractivity contribution >= 4 is 46.7 Å².